The van der Waals surface area contributed by atoms with Crippen molar-refractivity contribution in [2.45, 2.75) is 50.6 Å². The molecule has 0 spiro atoms. The molecule has 25 heavy (non-hydrogen) atoms. The molecule has 1 N–H and O–H groups in total. The number of carbonyl (C=O) groups is 2. The standard InChI is InChI=1S/C20H26N2O3/c1-15-7-5-13-22(15)19(20(24)25)17(16-8-3-2-4-9-16)11-14-21-12-6-10-18(21)23/h2-4,8-9,11,14-15,17,19H,5-7,10,12-13H2,1H3,(H,24,25)/b14-11+/t15-,17?,19-/m1/s1. The summed E-state index contributed by atoms with van der Waals surface area (Å²) in [5.41, 5.74) is 0.969. The normalized spacial score (nSPS) is 24.1. The van der Waals surface area contributed by atoms with Crippen molar-refractivity contribution in [3.05, 3.63) is 48.2 Å². The second kappa shape index (κ2) is 7.83. The Hall–Kier alpha value is -2.14. The topological polar surface area (TPSA) is 60.9 Å². The molecular formula is C20H26N2O3. The number of carboxylic acids is 1. The first-order chi connectivity index (χ1) is 12.1. The third-order valence-corrected chi connectivity index (χ3v) is 5.32. The van der Waals surface area contributed by atoms with Gasteiger partial charge in [0.05, 0.1) is 0 Å². The summed E-state index contributed by atoms with van der Waals surface area (Å²) in [5, 5.41) is 9.97. The first kappa shape index (κ1) is 17.7. The zero-order valence-corrected chi connectivity index (χ0v) is 14.7. The van der Waals surface area contributed by atoms with Crippen LogP contribution in [0.4, 0.5) is 0 Å². The highest BCUT2D eigenvalue weighted by molar-refractivity contribution is 5.79. The molecule has 1 aromatic rings. The fraction of sp³-hybridized carbons (Fsp3) is 0.500. The molecule has 0 aromatic heterocycles. The lowest BCUT2D eigenvalue weighted by Crippen LogP contribution is -2.46. The van der Waals surface area contributed by atoms with E-state index >= 15 is 0 Å². The fourth-order valence-electron chi connectivity index (χ4n) is 3.97. The molecule has 3 rings (SSSR count). The van der Waals surface area contributed by atoms with Crippen LogP contribution in [-0.2, 0) is 9.59 Å². The lowest BCUT2D eigenvalue weighted by molar-refractivity contribution is -0.144. The maximum Gasteiger partial charge on any atom is 0.321 e. The monoisotopic (exact) mass is 342 g/mol. The van der Waals surface area contributed by atoms with Crippen LogP contribution in [0.3, 0.4) is 0 Å². The van der Waals surface area contributed by atoms with E-state index in [4.69, 9.17) is 0 Å². The van der Waals surface area contributed by atoms with Crippen LogP contribution in [0, 0.1) is 0 Å². The molecule has 0 bridgehead atoms. The summed E-state index contributed by atoms with van der Waals surface area (Å²) >= 11 is 0. The summed E-state index contributed by atoms with van der Waals surface area (Å²) in [6.45, 7) is 3.62. The van der Waals surface area contributed by atoms with E-state index in [2.05, 4.69) is 11.8 Å². The summed E-state index contributed by atoms with van der Waals surface area (Å²) in [6.07, 6.45) is 7.20. The van der Waals surface area contributed by atoms with E-state index in [0.717, 1.165) is 31.4 Å². The van der Waals surface area contributed by atoms with Crippen LogP contribution >= 0.6 is 0 Å². The molecule has 2 aliphatic rings. The quantitative estimate of drug-likeness (QED) is 0.863. The number of hydrogen-bond acceptors (Lipinski definition) is 3. The minimum atomic E-state index is -0.806. The largest absolute Gasteiger partial charge is 0.480 e. The van der Waals surface area contributed by atoms with Gasteiger partial charge in [0.2, 0.25) is 5.91 Å². The zero-order valence-electron chi connectivity index (χ0n) is 14.7. The number of carboxylic acid groups (broad SMARTS) is 1. The first-order valence-corrected chi connectivity index (χ1v) is 9.09. The van der Waals surface area contributed by atoms with Gasteiger partial charge in [0, 0.05) is 31.1 Å². The summed E-state index contributed by atoms with van der Waals surface area (Å²) in [7, 11) is 0. The van der Waals surface area contributed by atoms with Crippen molar-refractivity contribution < 1.29 is 14.7 Å². The molecule has 3 atom stereocenters. The van der Waals surface area contributed by atoms with E-state index in [0.29, 0.717) is 13.0 Å². The van der Waals surface area contributed by atoms with E-state index in [1.54, 1.807) is 11.1 Å². The molecule has 2 aliphatic heterocycles. The van der Waals surface area contributed by atoms with Gasteiger partial charge in [-0.25, -0.2) is 0 Å². The smallest absolute Gasteiger partial charge is 0.321 e. The number of amides is 1. The maximum atomic E-state index is 12.2. The average molecular weight is 342 g/mol. The van der Waals surface area contributed by atoms with Gasteiger partial charge in [-0.3, -0.25) is 14.5 Å². The van der Waals surface area contributed by atoms with Crippen molar-refractivity contribution in [1.29, 1.82) is 0 Å². The fourth-order valence-corrected chi connectivity index (χ4v) is 3.97. The van der Waals surface area contributed by atoms with Crippen LogP contribution < -0.4 is 0 Å². The van der Waals surface area contributed by atoms with Crippen molar-refractivity contribution >= 4 is 11.9 Å². The van der Waals surface area contributed by atoms with Crippen LogP contribution in [-0.4, -0.2) is 52.0 Å². The van der Waals surface area contributed by atoms with Gasteiger partial charge in [-0.1, -0.05) is 36.4 Å². The van der Waals surface area contributed by atoms with Crippen LogP contribution in [0.2, 0.25) is 0 Å². The second-order valence-electron chi connectivity index (χ2n) is 6.98. The predicted molar refractivity (Wildman–Crippen MR) is 96.1 cm³/mol. The number of nitrogens with zero attached hydrogens (tertiary/aromatic N) is 2. The van der Waals surface area contributed by atoms with E-state index < -0.39 is 12.0 Å². The molecule has 1 unspecified atom stereocenters. The van der Waals surface area contributed by atoms with Gasteiger partial charge >= 0.3 is 5.97 Å². The minimum Gasteiger partial charge on any atom is -0.480 e. The SMILES string of the molecule is C[C@@H]1CCCN1[C@@H](C(=O)O)C(/C=C/N1CCCC1=O)c1ccccc1. The Balaban J connectivity index is 1.92. The van der Waals surface area contributed by atoms with Crippen LogP contribution in [0.1, 0.15) is 44.1 Å². The molecule has 0 aliphatic carbocycles. The number of benzene rings is 1. The molecule has 134 valence electrons. The Morgan fingerprint density at radius 1 is 1.24 bits per heavy atom. The van der Waals surface area contributed by atoms with Gasteiger partial charge in [-0.05, 0) is 38.3 Å². The van der Waals surface area contributed by atoms with E-state index in [1.165, 1.54) is 0 Å². The molecule has 1 aromatic carbocycles. The van der Waals surface area contributed by atoms with Crippen molar-refractivity contribution in [3.8, 4) is 0 Å². The lowest BCUT2D eigenvalue weighted by Gasteiger charge is -2.33. The minimum absolute atomic E-state index is 0.115. The predicted octanol–water partition coefficient (Wildman–Crippen LogP) is 2.84. The molecule has 1 amide bonds. The highest BCUT2D eigenvalue weighted by atomic mass is 16.4. The zero-order chi connectivity index (χ0) is 17.8. The summed E-state index contributed by atoms with van der Waals surface area (Å²) in [6, 6.07) is 9.38. The summed E-state index contributed by atoms with van der Waals surface area (Å²) < 4.78 is 0. The number of aliphatic carboxylic acids is 1. The molecule has 0 saturated carbocycles. The first-order valence-electron chi connectivity index (χ1n) is 9.09. The van der Waals surface area contributed by atoms with Crippen LogP contribution in [0.15, 0.2) is 42.6 Å². The Labute approximate surface area is 148 Å². The molecule has 5 heteroatoms. The Kier molecular flexibility index (Phi) is 5.53. The van der Waals surface area contributed by atoms with Gasteiger partial charge in [0.1, 0.15) is 6.04 Å². The van der Waals surface area contributed by atoms with Gasteiger partial charge in [-0.2, -0.15) is 0 Å². The number of hydrogen-bond donors (Lipinski definition) is 1. The number of likely N-dealkylation sites (tertiary alicyclic amines) is 2. The third-order valence-electron chi connectivity index (χ3n) is 5.32. The molecule has 0 radical (unpaired) electrons. The lowest BCUT2D eigenvalue weighted by atomic mass is 9.89. The van der Waals surface area contributed by atoms with E-state index in [1.807, 2.05) is 36.4 Å². The molecule has 5 nitrogen and oxygen atoms in total. The number of rotatable bonds is 6. The Bertz CT molecular complexity index is 644. The Morgan fingerprint density at radius 2 is 2.00 bits per heavy atom. The third kappa shape index (κ3) is 3.93. The van der Waals surface area contributed by atoms with Gasteiger partial charge < -0.3 is 10.0 Å². The maximum absolute atomic E-state index is 12.2. The summed E-state index contributed by atoms with van der Waals surface area (Å²) in [5.74, 6) is -0.975. The van der Waals surface area contributed by atoms with Gasteiger partial charge in [-0.15, -0.1) is 0 Å². The second-order valence-corrected chi connectivity index (χ2v) is 6.98. The van der Waals surface area contributed by atoms with Crippen molar-refractivity contribution in [2.24, 2.45) is 0 Å². The Morgan fingerprint density at radius 3 is 2.56 bits per heavy atom. The molecular weight excluding hydrogens is 316 g/mol. The van der Waals surface area contributed by atoms with E-state index in [9.17, 15) is 14.7 Å². The van der Waals surface area contributed by atoms with Gasteiger partial charge in [0.25, 0.3) is 0 Å². The average Bonchev–Trinajstić information content (AvgIpc) is 3.20. The van der Waals surface area contributed by atoms with Crippen LogP contribution in [0.25, 0.3) is 0 Å². The van der Waals surface area contributed by atoms with Crippen LogP contribution in [0.5, 0.6) is 0 Å². The van der Waals surface area contributed by atoms with Crippen molar-refractivity contribution in [1.82, 2.24) is 9.80 Å². The number of carbonyl (C=O) groups excluding carboxylic acids is 1. The molecule has 2 saturated heterocycles. The molecule has 2 fully saturated rings. The molecule has 2 heterocycles. The van der Waals surface area contributed by atoms with Crippen molar-refractivity contribution in [2.75, 3.05) is 13.1 Å². The van der Waals surface area contributed by atoms with Crippen molar-refractivity contribution in [3.63, 3.8) is 0 Å². The summed E-state index contributed by atoms with van der Waals surface area (Å²) in [4.78, 5) is 27.8. The highest BCUT2D eigenvalue weighted by Gasteiger charge is 2.38. The van der Waals surface area contributed by atoms with E-state index in [-0.39, 0.29) is 17.9 Å². The van der Waals surface area contributed by atoms with Gasteiger partial charge in [0.15, 0.2) is 0 Å². The highest BCUT2D eigenvalue weighted by Crippen LogP contribution is 2.31.